The highest BCUT2D eigenvalue weighted by molar-refractivity contribution is 6.13. The maximum absolute atomic E-state index is 12.7. The molecule has 1 aliphatic heterocycles. The van der Waals surface area contributed by atoms with Gasteiger partial charge in [-0.1, -0.05) is 47.5 Å². The van der Waals surface area contributed by atoms with Crippen molar-refractivity contribution < 1.29 is 9.85 Å². The van der Waals surface area contributed by atoms with Crippen LogP contribution in [0.5, 0.6) is 5.75 Å². The number of hydroxylamine groups is 1. The van der Waals surface area contributed by atoms with E-state index in [0.29, 0.717) is 11.3 Å². The van der Waals surface area contributed by atoms with Gasteiger partial charge in [-0.2, -0.15) is 0 Å². The van der Waals surface area contributed by atoms with Gasteiger partial charge in [0, 0.05) is 5.56 Å². The Hall–Kier alpha value is -2.62. The quantitative estimate of drug-likeness (QED) is 0.679. The average Bonchev–Trinajstić information content (AvgIpc) is 2.70. The van der Waals surface area contributed by atoms with Gasteiger partial charge in [0.1, 0.15) is 11.3 Å². The van der Waals surface area contributed by atoms with Crippen LogP contribution in [0, 0.1) is 5.21 Å². The first kappa shape index (κ1) is 13.4. The number of nitrogens with zero attached hydrogens (tertiary/aromatic N) is 2. The van der Waals surface area contributed by atoms with Gasteiger partial charge in [0.2, 0.25) is 5.54 Å². The van der Waals surface area contributed by atoms with E-state index < -0.39 is 5.54 Å². The zero-order chi connectivity index (χ0) is 15.0. The number of benzene rings is 2. The summed E-state index contributed by atoms with van der Waals surface area (Å²) in [6, 6.07) is 16.2. The molecule has 2 aromatic carbocycles. The molecule has 0 atom stereocenters. The van der Waals surface area contributed by atoms with Crippen LogP contribution in [0.4, 0.5) is 0 Å². The van der Waals surface area contributed by atoms with Gasteiger partial charge in [0.15, 0.2) is 5.71 Å². The molecule has 21 heavy (non-hydrogen) atoms. The van der Waals surface area contributed by atoms with Crippen LogP contribution in [0.25, 0.3) is 0 Å². The molecule has 1 heterocycles. The molecule has 0 spiro atoms. The molecule has 0 fully saturated rings. The number of rotatable bonds is 2. The Labute approximate surface area is 123 Å². The third-order valence-electron chi connectivity index (χ3n) is 3.55. The Morgan fingerprint density at radius 3 is 2.29 bits per heavy atom. The number of hydrogen-bond donors (Lipinski definition) is 1. The Kier molecular flexibility index (Phi) is 3.01. The molecule has 0 saturated carbocycles. The summed E-state index contributed by atoms with van der Waals surface area (Å²) in [7, 11) is 0. The van der Waals surface area contributed by atoms with Crippen molar-refractivity contribution in [1.82, 2.24) is 0 Å². The average molecular weight is 280 g/mol. The van der Waals surface area contributed by atoms with Crippen LogP contribution in [-0.4, -0.2) is 26.9 Å². The SMILES string of the molecule is CC1(C)N=C(c2ccccc2O)[N+]([O-])=C1c1ccccc1. The second kappa shape index (κ2) is 4.74. The molecule has 106 valence electrons. The highest BCUT2D eigenvalue weighted by Gasteiger charge is 2.43. The number of aliphatic imine (C=N–C) groups is 1. The van der Waals surface area contributed by atoms with Crippen molar-refractivity contribution in [2.75, 3.05) is 0 Å². The minimum atomic E-state index is -0.638. The first-order valence-corrected chi connectivity index (χ1v) is 6.79. The molecule has 4 heteroatoms. The summed E-state index contributed by atoms with van der Waals surface area (Å²) in [6.07, 6.45) is 0. The fourth-order valence-electron chi connectivity index (χ4n) is 2.62. The number of phenolic OH excluding ortho intramolecular Hbond substituents is 1. The van der Waals surface area contributed by atoms with Crippen molar-refractivity contribution in [3.8, 4) is 5.75 Å². The summed E-state index contributed by atoms with van der Waals surface area (Å²) in [5.41, 5.74) is 1.24. The van der Waals surface area contributed by atoms with E-state index in [1.165, 1.54) is 0 Å². The van der Waals surface area contributed by atoms with Gasteiger partial charge in [-0.3, -0.25) is 0 Å². The lowest BCUT2D eigenvalue weighted by molar-refractivity contribution is -0.320. The van der Waals surface area contributed by atoms with Crippen molar-refractivity contribution >= 4 is 11.5 Å². The standard InChI is InChI=1S/C17H16N2O2/c1-17(2)15(12-8-4-3-5-9-12)19(21)16(18-17)13-10-6-7-11-14(13)20/h3-11,20H,1-2H3. The van der Waals surface area contributed by atoms with Gasteiger partial charge in [-0.05, 0) is 26.0 Å². The zero-order valence-electron chi connectivity index (χ0n) is 11.9. The zero-order valence-corrected chi connectivity index (χ0v) is 11.9. The molecular formula is C17H16N2O2. The van der Waals surface area contributed by atoms with Gasteiger partial charge in [0.25, 0.3) is 0 Å². The van der Waals surface area contributed by atoms with Crippen molar-refractivity contribution in [2.24, 2.45) is 4.99 Å². The first-order valence-electron chi connectivity index (χ1n) is 6.79. The maximum atomic E-state index is 12.7. The number of para-hydroxylation sites is 1. The fourth-order valence-corrected chi connectivity index (χ4v) is 2.62. The van der Waals surface area contributed by atoms with E-state index in [4.69, 9.17) is 0 Å². The van der Waals surface area contributed by atoms with Crippen LogP contribution >= 0.6 is 0 Å². The summed E-state index contributed by atoms with van der Waals surface area (Å²) < 4.78 is 0.824. The van der Waals surface area contributed by atoms with Crippen molar-refractivity contribution in [1.29, 1.82) is 0 Å². The Balaban J connectivity index is 2.18. The normalized spacial score (nSPS) is 17.0. The lowest BCUT2D eigenvalue weighted by Gasteiger charge is -2.14. The predicted molar refractivity (Wildman–Crippen MR) is 82.9 cm³/mol. The number of aromatic hydroxyl groups is 1. The molecule has 0 unspecified atom stereocenters. The Bertz CT molecular complexity index is 746. The van der Waals surface area contributed by atoms with Crippen molar-refractivity contribution in [2.45, 2.75) is 19.4 Å². The molecule has 0 saturated heterocycles. The highest BCUT2D eigenvalue weighted by Crippen LogP contribution is 2.28. The summed E-state index contributed by atoms with van der Waals surface area (Å²) >= 11 is 0. The number of amidine groups is 1. The molecule has 3 rings (SSSR count). The second-order valence-electron chi connectivity index (χ2n) is 5.52. The third-order valence-corrected chi connectivity index (χ3v) is 3.55. The second-order valence-corrected chi connectivity index (χ2v) is 5.52. The van der Waals surface area contributed by atoms with Crippen LogP contribution in [0.3, 0.4) is 0 Å². The lowest BCUT2D eigenvalue weighted by atomic mass is 9.93. The van der Waals surface area contributed by atoms with Gasteiger partial charge < -0.3 is 10.3 Å². The molecular weight excluding hydrogens is 264 g/mol. The lowest BCUT2D eigenvalue weighted by Crippen LogP contribution is -2.31. The molecule has 2 aromatic rings. The van der Waals surface area contributed by atoms with E-state index in [9.17, 15) is 10.3 Å². The minimum Gasteiger partial charge on any atom is -0.710 e. The van der Waals surface area contributed by atoms with E-state index in [1.54, 1.807) is 24.3 Å². The monoisotopic (exact) mass is 280 g/mol. The van der Waals surface area contributed by atoms with Gasteiger partial charge in [-0.15, -0.1) is 0 Å². The summed E-state index contributed by atoms with van der Waals surface area (Å²) in [6.45, 7) is 3.79. The Morgan fingerprint density at radius 2 is 1.62 bits per heavy atom. The number of hydrogen-bond acceptors (Lipinski definition) is 3. The summed E-state index contributed by atoms with van der Waals surface area (Å²) in [4.78, 5) is 4.52. The van der Waals surface area contributed by atoms with Crippen molar-refractivity contribution in [3.63, 3.8) is 0 Å². The molecule has 1 aliphatic rings. The van der Waals surface area contributed by atoms with E-state index in [0.717, 1.165) is 10.3 Å². The molecule has 1 N–H and O–H groups in total. The van der Waals surface area contributed by atoms with Crippen LogP contribution in [0.1, 0.15) is 25.0 Å². The largest absolute Gasteiger partial charge is 0.710 e. The van der Waals surface area contributed by atoms with Crippen LogP contribution in [-0.2, 0) is 0 Å². The fraction of sp³-hybridized carbons (Fsp3) is 0.176. The summed E-state index contributed by atoms with van der Waals surface area (Å²) in [5.74, 6) is 0.305. The van der Waals surface area contributed by atoms with Gasteiger partial charge in [0.05, 0.1) is 0 Å². The predicted octanol–water partition coefficient (Wildman–Crippen LogP) is 2.93. The Morgan fingerprint density at radius 1 is 1.00 bits per heavy atom. The molecule has 0 radical (unpaired) electrons. The van der Waals surface area contributed by atoms with Gasteiger partial charge >= 0.3 is 5.84 Å². The summed E-state index contributed by atoms with van der Waals surface area (Å²) in [5, 5.41) is 22.7. The first-order chi connectivity index (χ1) is 10.0. The smallest absolute Gasteiger partial charge is 0.332 e. The van der Waals surface area contributed by atoms with Crippen molar-refractivity contribution in [3.05, 3.63) is 70.9 Å². The minimum absolute atomic E-state index is 0.0576. The molecule has 0 aromatic heterocycles. The molecule has 0 amide bonds. The van der Waals surface area contributed by atoms with E-state index in [2.05, 4.69) is 4.99 Å². The van der Waals surface area contributed by atoms with E-state index in [-0.39, 0.29) is 11.6 Å². The van der Waals surface area contributed by atoms with Crippen LogP contribution < -0.4 is 0 Å². The highest BCUT2D eigenvalue weighted by atomic mass is 16.5. The maximum Gasteiger partial charge on any atom is 0.332 e. The van der Waals surface area contributed by atoms with Crippen LogP contribution in [0.15, 0.2) is 59.6 Å². The molecule has 4 nitrogen and oxygen atoms in total. The third kappa shape index (κ3) is 2.18. The van der Waals surface area contributed by atoms with E-state index >= 15 is 0 Å². The topological polar surface area (TPSA) is 58.7 Å². The van der Waals surface area contributed by atoms with E-state index in [1.807, 2.05) is 44.2 Å². The number of phenols is 1. The molecule has 0 aliphatic carbocycles. The molecule has 0 bridgehead atoms. The van der Waals surface area contributed by atoms with Gasteiger partial charge in [-0.25, -0.2) is 4.74 Å². The van der Waals surface area contributed by atoms with Crippen LogP contribution in [0.2, 0.25) is 0 Å².